The molecule has 0 aromatic heterocycles. The van der Waals surface area contributed by atoms with Crippen molar-refractivity contribution >= 4 is 5.91 Å². The minimum absolute atomic E-state index is 0.151. The molecule has 0 saturated carbocycles. The van der Waals surface area contributed by atoms with Gasteiger partial charge in [-0.25, -0.2) is 0 Å². The largest absolute Gasteiger partial charge is 0.350 e. The average molecular weight is 339 g/mol. The lowest BCUT2D eigenvalue weighted by molar-refractivity contribution is -0.122. The molecular weight excluding hydrogens is 310 g/mol. The molecule has 0 aliphatic rings. The average Bonchev–Trinajstić information content (AvgIpc) is 2.65. The second-order valence-electron chi connectivity index (χ2n) is 6.34. The van der Waals surface area contributed by atoms with Gasteiger partial charge in [0.15, 0.2) is 0 Å². The topological polar surface area (TPSA) is 58.4 Å². The van der Waals surface area contributed by atoms with Crippen molar-refractivity contribution in [3.05, 3.63) is 70.8 Å². The third kappa shape index (κ3) is 5.41. The highest BCUT2D eigenvalue weighted by molar-refractivity contribution is 5.82. The van der Waals surface area contributed by atoms with Gasteiger partial charge in [-0.15, -0.1) is 0 Å². The Morgan fingerprint density at radius 3 is 2.24 bits per heavy atom. The number of carbonyl (C=O) groups excluding carboxylic acids is 1. The molecule has 0 radical (unpaired) electrons. The van der Waals surface area contributed by atoms with E-state index in [9.17, 15) is 4.79 Å². The number of carbonyl (C=O) groups is 1. The monoisotopic (exact) mass is 339 g/mol. The molecule has 4 heteroatoms. The van der Waals surface area contributed by atoms with Gasteiger partial charge in [0.1, 0.15) is 6.04 Å². The molecule has 1 atom stereocenters. The van der Waals surface area contributed by atoms with Crippen molar-refractivity contribution in [3.63, 3.8) is 0 Å². The molecule has 2 aromatic carbocycles. The van der Waals surface area contributed by atoms with E-state index in [0.29, 0.717) is 6.54 Å². The zero-order valence-corrected chi connectivity index (χ0v) is 15.5. The van der Waals surface area contributed by atoms with E-state index in [2.05, 4.69) is 36.2 Å². The number of benzene rings is 2. The van der Waals surface area contributed by atoms with Gasteiger partial charge >= 0.3 is 0 Å². The number of nitrogens with one attached hydrogen (secondary N) is 1. The Bertz CT molecular complexity index is 678. The maximum absolute atomic E-state index is 12.4. The standard InChI is InChI=1S/C21H29N3O/c1-4-24(5-2)15-19-9-7-6-8-18(19)14-23-21(25)20(22)17-12-10-16(3)11-13-17/h6-13,20H,4-5,14-15,22H2,1-3H3,(H,23,25). The minimum Gasteiger partial charge on any atom is -0.350 e. The molecule has 1 unspecified atom stereocenters. The number of nitrogens with zero attached hydrogens (tertiary/aromatic N) is 1. The lowest BCUT2D eigenvalue weighted by Crippen LogP contribution is -2.34. The van der Waals surface area contributed by atoms with Gasteiger partial charge in [-0.1, -0.05) is 67.9 Å². The van der Waals surface area contributed by atoms with Crippen LogP contribution in [0.4, 0.5) is 0 Å². The van der Waals surface area contributed by atoms with E-state index in [1.54, 1.807) is 0 Å². The van der Waals surface area contributed by atoms with E-state index in [1.807, 2.05) is 43.3 Å². The molecule has 0 fully saturated rings. The van der Waals surface area contributed by atoms with E-state index in [1.165, 1.54) is 5.56 Å². The van der Waals surface area contributed by atoms with Crippen LogP contribution in [-0.4, -0.2) is 23.9 Å². The first-order valence-corrected chi connectivity index (χ1v) is 8.94. The molecular formula is C21H29N3O. The third-order valence-electron chi connectivity index (χ3n) is 4.58. The smallest absolute Gasteiger partial charge is 0.241 e. The Kier molecular flexibility index (Phi) is 7.16. The predicted molar refractivity (Wildman–Crippen MR) is 103 cm³/mol. The highest BCUT2D eigenvalue weighted by atomic mass is 16.2. The molecule has 0 aliphatic heterocycles. The Morgan fingerprint density at radius 2 is 1.64 bits per heavy atom. The highest BCUT2D eigenvalue weighted by Crippen LogP contribution is 2.14. The van der Waals surface area contributed by atoms with Gasteiger partial charge < -0.3 is 11.1 Å². The van der Waals surface area contributed by atoms with Crippen LogP contribution in [0.5, 0.6) is 0 Å². The van der Waals surface area contributed by atoms with Crippen molar-refractivity contribution < 1.29 is 4.79 Å². The molecule has 0 saturated heterocycles. The maximum atomic E-state index is 12.4. The number of hydrogen-bond donors (Lipinski definition) is 2. The van der Waals surface area contributed by atoms with Crippen LogP contribution in [0.15, 0.2) is 48.5 Å². The molecule has 1 amide bonds. The Hall–Kier alpha value is -2.17. The summed E-state index contributed by atoms with van der Waals surface area (Å²) in [4.78, 5) is 14.8. The van der Waals surface area contributed by atoms with Crippen LogP contribution in [0.3, 0.4) is 0 Å². The van der Waals surface area contributed by atoms with Crippen molar-refractivity contribution in [1.29, 1.82) is 0 Å². The summed E-state index contributed by atoms with van der Waals surface area (Å²) in [6.07, 6.45) is 0. The quantitative estimate of drug-likeness (QED) is 0.777. The van der Waals surface area contributed by atoms with Gasteiger partial charge in [0.2, 0.25) is 5.91 Å². The molecule has 0 aliphatic carbocycles. The van der Waals surface area contributed by atoms with E-state index in [0.717, 1.165) is 36.3 Å². The number of nitrogens with two attached hydrogens (primary N) is 1. The van der Waals surface area contributed by atoms with E-state index < -0.39 is 6.04 Å². The summed E-state index contributed by atoms with van der Waals surface area (Å²) in [6.45, 7) is 9.75. The normalized spacial score (nSPS) is 12.2. The second-order valence-corrected chi connectivity index (χ2v) is 6.34. The molecule has 0 bridgehead atoms. The molecule has 0 heterocycles. The Labute approximate surface area is 151 Å². The van der Waals surface area contributed by atoms with Crippen molar-refractivity contribution in [2.75, 3.05) is 13.1 Å². The summed E-state index contributed by atoms with van der Waals surface area (Å²) >= 11 is 0. The van der Waals surface area contributed by atoms with Crippen LogP contribution in [0, 0.1) is 6.92 Å². The SMILES string of the molecule is CCN(CC)Cc1ccccc1CNC(=O)C(N)c1ccc(C)cc1. The first-order valence-electron chi connectivity index (χ1n) is 8.94. The summed E-state index contributed by atoms with van der Waals surface area (Å²) in [7, 11) is 0. The number of aryl methyl sites for hydroxylation is 1. The van der Waals surface area contributed by atoms with Crippen LogP contribution in [0.25, 0.3) is 0 Å². The lowest BCUT2D eigenvalue weighted by atomic mass is 10.0. The second kappa shape index (κ2) is 9.35. The van der Waals surface area contributed by atoms with Crippen LogP contribution < -0.4 is 11.1 Å². The van der Waals surface area contributed by atoms with Crippen molar-refractivity contribution in [1.82, 2.24) is 10.2 Å². The fraction of sp³-hybridized carbons (Fsp3) is 0.381. The highest BCUT2D eigenvalue weighted by Gasteiger charge is 2.16. The summed E-state index contributed by atoms with van der Waals surface area (Å²) in [5.74, 6) is -0.151. The van der Waals surface area contributed by atoms with Gasteiger partial charge in [0.05, 0.1) is 0 Å². The molecule has 4 nitrogen and oxygen atoms in total. The third-order valence-corrected chi connectivity index (χ3v) is 4.58. The van der Waals surface area contributed by atoms with Crippen LogP contribution >= 0.6 is 0 Å². The number of amides is 1. The maximum Gasteiger partial charge on any atom is 0.241 e. The minimum atomic E-state index is -0.643. The van der Waals surface area contributed by atoms with Gasteiger partial charge in [-0.3, -0.25) is 9.69 Å². The number of hydrogen-bond acceptors (Lipinski definition) is 3. The zero-order valence-electron chi connectivity index (χ0n) is 15.5. The Morgan fingerprint density at radius 1 is 1.04 bits per heavy atom. The van der Waals surface area contributed by atoms with Crippen molar-refractivity contribution in [2.45, 2.75) is 39.9 Å². The van der Waals surface area contributed by atoms with Gasteiger partial charge in [0, 0.05) is 13.1 Å². The van der Waals surface area contributed by atoms with Crippen molar-refractivity contribution in [2.24, 2.45) is 5.73 Å². The van der Waals surface area contributed by atoms with E-state index in [4.69, 9.17) is 5.73 Å². The molecule has 25 heavy (non-hydrogen) atoms. The number of rotatable bonds is 8. The summed E-state index contributed by atoms with van der Waals surface area (Å²) in [5.41, 5.74) is 10.5. The molecule has 0 spiro atoms. The van der Waals surface area contributed by atoms with Crippen molar-refractivity contribution in [3.8, 4) is 0 Å². The van der Waals surface area contributed by atoms with Gasteiger partial charge in [0.25, 0.3) is 0 Å². The zero-order chi connectivity index (χ0) is 18.2. The first kappa shape index (κ1) is 19.2. The molecule has 2 rings (SSSR count). The van der Waals surface area contributed by atoms with E-state index >= 15 is 0 Å². The van der Waals surface area contributed by atoms with Gasteiger partial charge in [-0.2, -0.15) is 0 Å². The molecule has 3 N–H and O–H groups in total. The van der Waals surface area contributed by atoms with Crippen LogP contribution in [0.2, 0.25) is 0 Å². The lowest BCUT2D eigenvalue weighted by Gasteiger charge is -2.20. The fourth-order valence-electron chi connectivity index (χ4n) is 2.79. The summed E-state index contributed by atoms with van der Waals surface area (Å²) in [5, 5.41) is 2.98. The molecule has 2 aromatic rings. The van der Waals surface area contributed by atoms with Gasteiger partial charge in [-0.05, 0) is 36.7 Å². The predicted octanol–water partition coefficient (Wildman–Crippen LogP) is 3.15. The summed E-state index contributed by atoms with van der Waals surface area (Å²) in [6, 6.07) is 15.4. The van der Waals surface area contributed by atoms with E-state index in [-0.39, 0.29) is 5.91 Å². The Balaban J connectivity index is 2.00. The fourth-order valence-corrected chi connectivity index (χ4v) is 2.79. The molecule has 134 valence electrons. The first-order chi connectivity index (χ1) is 12.0. The van der Waals surface area contributed by atoms with Crippen LogP contribution in [0.1, 0.15) is 42.1 Å². The van der Waals surface area contributed by atoms with Crippen LogP contribution in [-0.2, 0) is 17.9 Å². The summed E-state index contributed by atoms with van der Waals surface area (Å²) < 4.78 is 0.